The van der Waals surface area contributed by atoms with E-state index in [0.29, 0.717) is 0 Å². The molecule has 0 radical (unpaired) electrons. The molecule has 3 aliphatic rings. The van der Waals surface area contributed by atoms with Crippen molar-refractivity contribution in [3.63, 3.8) is 0 Å². The average molecular weight is 430 g/mol. The fourth-order valence-electron chi connectivity index (χ4n) is 5.08. The monoisotopic (exact) mass is 429 g/mol. The topological polar surface area (TPSA) is 61.4 Å². The highest BCUT2D eigenvalue weighted by Crippen LogP contribution is 2.30. The zero-order valence-electron chi connectivity index (χ0n) is 19.1. The minimum atomic E-state index is 0.195. The van der Waals surface area contributed by atoms with Gasteiger partial charge < -0.3 is 20.1 Å². The van der Waals surface area contributed by atoms with Gasteiger partial charge in [0.1, 0.15) is 0 Å². The Bertz CT molecular complexity index is 708. The molecule has 4 rings (SSSR count). The van der Waals surface area contributed by atoms with Crippen LogP contribution in [-0.2, 0) is 22.6 Å². The van der Waals surface area contributed by atoms with Crippen LogP contribution < -0.4 is 10.6 Å². The van der Waals surface area contributed by atoms with Crippen LogP contribution in [-0.4, -0.2) is 87.5 Å². The first-order valence-electron chi connectivity index (χ1n) is 11.9. The predicted octanol–water partition coefficient (Wildman–Crippen LogP) is 1.83. The van der Waals surface area contributed by atoms with Crippen LogP contribution in [0.2, 0.25) is 0 Å². The second-order valence-corrected chi connectivity index (χ2v) is 8.97. The molecule has 0 aliphatic carbocycles. The van der Waals surface area contributed by atoms with Crippen molar-refractivity contribution in [3.8, 4) is 0 Å². The minimum Gasteiger partial charge on any atom is -0.381 e. The fraction of sp³-hybridized carbons (Fsp3) is 0.708. The molecule has 0 bridgehead atoms. The lowest BCUT2D eigenvalue weighted by molar-refractivity contribution is -0.0164. The smallest absolute Gasteiger partial charge is 0.191 e. The molecule has 172 valence electrons. The first-order chi connectivity index (χ1) is 15.3. The van der Waals surface area contributed by atoms with Gasteiger partial charge in [0.2, 0.25) is 0 Å². The molecule has 31 heavy (non-hydrogen) atoms. The third kappa shape index (κ3) is 5.98. The Morgan fingerprint density at radius 1 is 0.935 bits per heavy atom. The van der Waals surface area contributed by atoms with Crippen molar-refractivity contribution in [1.82, 2.24) is 20.4 Å². The lowest BCUT2D eigenvalue weighted by Crippen LogP contribution is -2.58. The third-order valence-electron chi connectivity index (χ3n) is 7.07. The maximum Gasteiger partial charge on any atom is 0.191 e. The van der Waals surface area contributed by atoms with Gasteiger partial charge in [-0.15, -0.1) is 0 Å². The maximum absolute atomic E-state index is 5.69. The van der Waals surface area contributed by atoms with Crippen LogP contribution in [0.3, 0.4) is 0 Å². The number of guanidine groups is 1. The van der Waals surface area contributed by atoms with Crippen molar-refractivity contribution in [2.45, 2.75) is 44.3 Å². The molecular formula is C24H39N5O2. The molecular weight excluding hydrogens is 390 g/mol. The molecule has 3 saturated heterocycles. The molecule has 7 nitrogen and oxygen atoms in total. The Morgan fingerprint density at radius 3 is 2.32 bits per heavy atom. The SMILES string of the molecule is CN=C(NCc1ccccc1CN1CCOCC1)NCC1(N2CCCC2)CCOCC1. The Kier molecular flexibility index (Phi) is 8.19. The summed E-state index contributed by atoms with van der Waals surface area (Å²) in [5.74, 6) is 0.881. The Hall–Kier alpha value is -1.67. The van der Waals surface area contributed by atoms with Gasteiger partial charge in [0, 0.05) is 58.5 Å². The number of morpholine rings is 1. The standard InChI is InChI=1S/C24H39N5O2/c1-25-23(27-20-24(8-14-30-15-9-24)29-10-4-5-11-29)26-18-21-6-2-3-7-22(21)19-28-12-16-31-17-13-28/h2-3,6-7H,4-5,8-20H2,1H3,(H2,25,26,27). The largest absolute Gasteiger partial charge is 0.381 e. The van der Waals surface area contributed by atoms with E-state index >= 15 is 0 Å². The van der Waals surface area contributed by atoms with Crippen LogP contribution in [0.5, 0.6) is 0 Å². The summed E-state index contributed by atoms with van der Waals surface area (Å²) in [5.41, 5.74) is 2.91. The van der Waals surface area contributed by atoms with Crippen LogP contribution in [0.25, 0.3) is 0 Å². The van der Waals surface area contributed by atoms with E-state index in [4.69, 9.17) is 9.47 Å². The van der Waals surface area contributed by atoms with Gasteiger partial charge in [-0.2, -0.15) is 0 Å². The Labute approximate surface area is 187 Å². The Balaban J connectivity index is 1.33. The lowest BCUT2D eigenvalue weighted by Gasteiger charge is -2.45. The van der Waals surface area contributed by atoms with E-state index in [2.05, 4.69) is 49.7 Å². The van der Waals surface area contributed by atoms with E-state index in [1.165, 1.54) is 37.1 Å². The molecule has 0 atom stereocenters. The van der Waals surface area contributed by atoms with Crippen LogP contribution in [0.4, 0.5) is 0 Å². The van der Waals surface area contributed by atoms with E-state index in [1.54, 1.807) is 0 Å². The minimum absolute atomic E-state index is 0.195. The number of nitrogens with zero attached hydrogens (tertiary/aromatic N) is 3. The summed E-state index contributed by atoms with van der Waals surface area (Å²) in [7, 11) is 1.86. The molecule has 7 heteroatoms. The molecule has 0 aromatic heterocycles. The molecule has 1 aromatic rings. The molecule has 1 aromatic carbocycles. The molecule has 0 unspecified atom stereocenters. The second-order valence-electron chi connectivity index (χ2n) is 8.97. The van der Waals surface area contributed by atoms with Gasteiger partial charge in [0.05, 0.1) is 13.2 Å². The molecule has 3 heterocycles. The Morgan fingerprint density at radius 2 is 1.61 bits per heavy atom. The summed E-state index contributed by atoms with van der Waals surface area (Å²) in [6, 6.07) is 8.73. The summed E-state index contributed by atoms with van der Waals surface area (Å²) < 4.78 is 11.2. The van der Waals surface area contributed by atoms with Gasteiger partial charge >= 0.3 is 0 Å². The number of aliphatic imine (C=N–C) groups is 1. The van der Waals surface area contributed by atoms with E-state index in [-0.39, 0.29) is 5.54 Å². The van der Waals surface area contributed by atoms with Crippen molar-refractivity contribution in [3.05, 3.63) is 35.4 Å². The highest BCUT2D eigenvalue weighted by Gasteiger charge is 2.39. The van der Waals surface area contributed by atoms with E-state index < -0.39 is 0 Å². The first-order valence-corrected chi connectivity index (χ1v) is 11.9. The van der Waals surface area contributed by atoms with Crippen molar-refractivity contribution in [1.29, 1.82) is 0 Å². The molecule has 0 saturated carbocycles. The summed E-state index contributed by atoms with van der Waals surface area (Å²) in [5, 5.41) is 7.20. The maximum atomic E-state index is 5.69. The first kappa shape index (κ1) is 22.5. The van der Waals surface area contributed by atoms with Crippen molar-refractivity contribution >= 4 is 5.96 Å². The van der Waals surface area contributed by atoms with Gasteiger partial charge in [0.25, 0.3) is 0 Å². The number of likely N-dealkylation sites (tertiary alicyclic amines) is 1. The number of hydrogen-bond donors (Lipinski definition) is 2. The number of rotatable bonds is 7. The summed E-state index contributed by atoms with van der Waals surface area (Å²) >= 11 is 0. The van der Waals surface area contributed by atoms with Gasteiger partial charge in [-0.3, -0.25) is 14.8 Å². The van der Waals surface area contributed by atoms with E-state index in [9.17, 15) is 0 Å². The normalized spacial score (nSPS) is 23.1. The van der Waals surface area contributed by atoms with E-state index in [0.717, 1.165) is 78.0 Å². The zero-order valence-corrected chi connectivity index (χ0v) is 19.1. The fourth-order valence-corrected chi connectivity index (χ4v) is 5.08. The second kappa shape index (κ2) is 11.3. The predicted molar refractivity (Wildman–Crippen MR) is 124 cm³/mol. The molecule has 3 fully saturated rings. The van der Waals surface area contributed by atoms with Crippen LogP contribution in [0.1, 0.15) is 36.8 Å². The van der Waals surface area contributed by atoms with E-state index in [1.807, 2.05) is 7.05 Å². The zero-order chi connectivity index (χ0) is 21.4. The van der Waals surface area contributed by atoms with Crippen LogP contribution in [0.15, 0.2) is 29.3 Å². The van der Waals surface area contributed by atoms with Gasteiger partial charge in [-0.05, 0) is 49.9 Å². The number of benzene rings is 1. The van der Waals surface area contributed by atoms with Crippen molar-refractivity contribution < 1.29 is 9.47 Å². The highest BCUT2D eigenvalue weighted by atomic mass is 16.5. The number of ether oxygens (including phenoxy) is 2. The summed E-state index contributed by atoms with van der Waals surface area (Å²) in [6.07, 6.45) is 4.82. The average Bonchev–Trinajstić information content (AvgIpc) is 3.37. The van der Waals surface area contributed by atoms with Gasteiger partial charge in [0.15, 0.2) is 5.96 Å². The summed E-state index contributed by atoms with van der Waals surface area (Å²) in [4.78, 5) is 9.67. The van der Waals surface area contributed by atoms with Crippen molar-refractivity contribution in [2.24, 2.45) is 4.99 Å². The van der Waals surface area contributed by atoms with Gasteiger partial charge in [-0.25, -0.2) is 0 Å². The quantitative estimate of drug-likeness (QED) is 0.509. The molecule has 2 N–H and O–H groups in total. The number of hydrogen-bond acceptors (Lipinski definition) is 5. The molecule has 3 aliphatic heterocycles. The lowest BCUT2D eigenvalue weighted by atomic mass is 9.88. The molecule has 0 amide bonds. The number of nitrogens with one attached hydrogen (secondary N) is 2. The van der Waals surface area contributed by atoms with Crippen LogP contribution in [0, 0.1) is 0 Å². The van der Waals surface area contributed by atoms with Crippen LogP contribution >= 0.6 is 0 Å². The van der Waals surface area contributed by atoms with Gasteiger partial charge in [-0.1, -0.05) is 24.3 Å². The van der Waals surface area contributed by atoms with Crippen molar-refractivity contribution in [2.75, 3.05) is 66.2 Å². The molecule has 0 spiro atoms. The third-order valence-corrected chi connectivity index (χ3v) is 7.07. The highest BCUT2D eigenvalue weighted by molar-refractivity contribution is 5.79. The summed E-state index contributed by atoms with van der Waals surface area (Å²) in [6.45, 7) is 10.5.